The molecular formula is C15H22N4O2. The van der Waals surface area contributed by atoms with Gasteiger partial charge in [-0.25, -0.2) is 0 Å². The predicted octanol–water partition coefficient (Wildman–Crippen LogP) is 2.70. The van der Waals surface area contributed by atoms with Gasteiger partial charge in [-0.15, -0.1) is 10.2 Å². The molecule has 0 amide bonds. The van der Waals surface area contributed by atoms with Crippen LogP contribution in [0.25, 0.3) is 0 Å². The number of piperidine rings is 1. The molecule has 6 heteroatoms. The summed E-state index contributed by atoms with van der Waals surface area (Å²) in [5.41, 5.74) is 0.927. The highest BCUT2D eigenvalue weighted by Gasteiger charge is 2.33. The Labute approximate surface area is 124 Å². The number of hydrogen-bond acceptors (Lipinski definition) is 6. The quantitative estimate of drug-likeness (QED) is 0.862. The molecule has 0 aromatic carbocycles. The molecule has 114 valence electrons. The van der Waals surface area contributed by atoms with Gasteiger partial charge in [0.05, 0.1) is 18.2 Å². The van der Waals surface area contributed by atoms with Crippen LogP contribution >= 0.6 is 0 Å². The van der Waals surface area contributed by atoms with Gasteiger partial charge in [0, 0.05) is 18.5 Å². The lowest BCUT2D eigenvalue weighted by atomic mass is 9.90. The van der Waals surface area contributed by atoms with Crippen LogP contribution in [-0.2, 0) is 13.0 Å². The van der Waals surface area contributed by atoms with Gasteiger partial charge in [-0.2, -0.15) is 0 Å². The number of hydrogen-bond donors (Lipinski definition) is 0. The molecule has 1 aliphatic heterocycles. The van der Waals surface area contributed by atoms with Crippen LogP contribution in [0, 0.1) is 6.92 Å². The normalized spacial score (nSPS) is 23.6. The van der Waals surface area contributed by atoms with E-state index < -0.39 is 0 Å². The van der Waals surface area contributed by atoms with Gasteiger partial charge >= 0.3 is 0 Å². The second-order valence-electron chi connectivity index (χ2n) is 5.78. The lowest BCUT2D eigenvalue weighted by Gasteiger charge is -2.37. The van der Waals surface area contributed by atoms with E-state index in [0.29, 0.717) is 12.0 Å². The Bertz CT molecular complexity index is 592. The van der Waals surface area contributed by atoms with Gasteiger partial charge in [-0.1, -0.05) is 12.1 Å². The Morgan fingerprint density at radius 1 is 1.38 bits per heavy atom. The van der Waals surface area contributed by atoms with E-state index in [1.165, 1.54) is 0 Å². The number of nitrogens with zero attached hydrogens (tertiary/aromatic N) is 4. The molecule has 0 unspecified atom stereocenters. The van der Waals surface area contributed by atoms with Crippen LogP contribution in [0.5, 0.6) is 0 Å². The molecule has 2 atom stereocenters. The summed E-state index contributed by atoms with van der Waals surface area (Å²) in [5, 5.41) is 12.3. The summed E-state index contributed by atoms with van der Waals surface area (Å²) >= 11 is 0. The third-order valence-electron chi connectivity index (χ3n) is 4.26. The van der Waals surface area contributed by atoms with Crippen LogP contribution in [0.15, 0.2) is 15.0 Å². The molecule has 0 radical (unpaired) electrons. The van der Waals surface area contributed by atoms with E-state index in [1.54, 1.807) is 0 Å². The van der Waals surface area contributed by atoms with Crippen LogP contribution in [0.3, 0.4) is 0 Å². The smallest absolute Gasteiger partial charge is 0.221 e. The Hall–Kier alpha value is -1.69. The fourth-order valence-electron chi connectivity index (χ4n) is 3.02. The van der Waals surface area contributed by atoms with Crippen molar-refractivity contribution < 1.29 is 8.94 Å². The maximum Gasteiger partial charge on any atom is 0.221 e. The van der Waals surface area contributed by atoms with Crippen molar-refractivity contribution in [2.45, 2.75) is 58.5 Å². The summed E-state index contributed by atoms with van der Waals surface area (Å²) in [4.78, 5) is 2.41. The minimum atomic E-state index is 0.301. The fourth-order valence-corrected chi connectivity index (χ4v) is 3.02. The van der Waals surface area contributed by atoms with Crippen LogP contribution in [0.1, 0.15) is 55.8 Å². The van der Waals surface area contributed by atoms with Crippen molar-refractivity contribution in [2.75, 3.05) is 6.54 Å². The third-order valence-corrected chi connectivity index (χ3v) is 4.26. The first-order chi connectivity index (χ1) is 10.2. The third kappa shape index (κ3) is 3.00. The highest BCUT2D eigenvalue weighted by atomic mass is 16.5. The lowest BCUT2D eigenvalue weighted by molar-refractivity contribution is 0.107. The van der Waals surface area contributed by atoms with E-state index in [9.17, 15) is 0 Å². The SMILES string of the molecule is CCc1nnc([C@H]2CCCN(Cc3cc(C)no3)[C@H]2C)o1. The summed E-state index contributed by atoms with van der Waals surface area (Å²) in [7, 11) is 0. The van der Waals surface area contributed by atoms with Gasteiger partial charge in [0.25, 0.3) is 0 Å². The molecule has 0 aliphatic carbocycles. The Kier molecular flexibility index (Phi) is 4.05. The second kappa shape index (κ2) is 5.97. The van der Waals surface area contributed by atoms with E-state index in [2.05, 4.69) is 27.2 Å². The zero-order valence-corrected chi connectivity index (χ0v) is 12.9. The predicted molar refractivity (Wildman–Crippen MR) is 76.8 cm³/mol. The highest BCUT2D eigenvalue weighted by molar-refractivity contribution is 5.05. The monoisotopic (exact) mass is 290 g/mol. The molecular weight excluding hydrogens is 268 g/mol. The van der Waals surface area contributed by atoms with E-state index in [0.717, 1.165) is 55.6 Å². The van der Waals surface area contributed by atoms with Crippen LogP contribution in [0.2, 0.25) is 0 Å². The van der Waals surface area contributed by atoms with Crippen molar-refractivity contribution in [3.8, 4) is 0 Å². The molecule has 0 bridgehead atoms. The Morgan fingerprint density at radius 2 is 2.24 bits per heavy atom. The first kappa shape index (κ1) is 14.3. The zero-order valence-electron chi connectivity index (χ0n) is 12.9. The van der Waals surface area contributed by atoms with Crippen molar-refractivity contribution in [2.24, 2.45) is 0 Å². The van der Waals surface area contributed by atoms with E-state index in [1.807, 2.05) is 19.9 Å². The minimum absolute atomic E-state index is 0.301. The maximum absolute atomic E-state index is 5.76. The molecule has 0 N–H and O–H groups in total. The topological polar surface area (TPSA) is 68.2 Å². The zero-order chi connectivity index (χ0) is 14.8. The van der Waals surface area contributed by atoms with Crippen molar-refractivity contribution in [1.82, 2.24) is 20.3 Å². The lowest BCUT2D eigenvalue weighted by Crippen LogP contribution is -2.41. The average molecular weight is 290 g/mol. The first-order valence-corrected chi connectivity index (χ1v) is 7.66. The van der Waals surface area contributed by atoms with Gasteiger partial charge < -0.3 is 8.94 Å². The van der Waals surface area contributed by atoms with Crippen LogP contribution < -0.4 is 0 Å². The van der Waals surface area contributed by atoms with Gasteiger partial charge in [-0.05, 0) is 33.2 Å². The molecule has 6 nitrogen and oxygen atoms in total. The fraction of sp³-hybridized carbons (Fsp3) is 0.667. The molecule has 1 aliphatic rings. The molecule has 0 spiro atoms. The van der Waals surface area contributed by atoms with Gasteiger partial charge in [0.15, 0.2) is 5.76 Å². The van der Waals surface area contributed by atoms with E-state index in [4.69, 9.17) is 8.94 Å². The summed E-state index contributed by atoms with van der Waals surface area (Å²) in [6, 6.07) is 2.35. The molecule has 1 fully saturated rings. The highest BCUT2D eigenvalue weighted by Crippen LogP contribution is 2.32. The van der Waals surface area contributed by atoms with Crippen molar-refractivity contribution >= 4 is 0 Å². The summed E-state index contributed by atoms with van der Waals surface area (Å²) in [6.45, 7) is 8.04. The summed E-state index contributed by atoms with van der Waals surface area (Å²) in [5.74, 6) is 2.72. The standard InChI is InChI=1S/C15H22N4O2/c1-4-14-16-17-15(20-14)13-6-5-7-19(11(13)3)9-12-8-10(2)18-21-12/h8,11,13H,4-7,9H2,1-3H3/t11-,13-/m0/s1. The Morgan fingerprint density at radius 3 is 2.90 bits per heavy atom. The molecule has 2 aromatic heterocycles. The molecule has 2 aromatic rings. The molecule has 1 saturated heterocycles. The van der Waals surface area contributed by atoms with Crippen molar-refractivity contribution in [3.05, 3.63) is 29.3 Å². The van der Waals surface area contributed by atoms with Crippen molar-refractivity contribution in [1.29, 1.82) is 0 Å². The van der Waals surface area contributed by atoms with E-state index >= 15 is 0 Å². The van der Waals surface area contributed by atoms with E-state index in [-0.39, 0.29) is 0 Å². The maximum atomic E-state index is 5.76. The van der Waals surface area contributed by atoms with Crippen LogP contribution in [0.4, 0.5) is 0 Å². The average Bonchev–Trinajstić information content (AvgIpc) is 3.10. The molecule has 21 heavy (non-hydrogen) atoms. The second-order valence-corrected chi connectivity index (χ2v) is 5.78. The molecule has 3 rings (SSSR count). The minimum Gasteiger partial charge on any atom is -0.425 e. The van der Waals surface area contributed by atoms with Gasteiger partial charge in [0.2, 0.25) is 11.8 Å². The molecule has 3 heterocycles. The molecule has 0 saturated carbocycles. The van der Waals surface area contributed by atoms with Gasteiger partial charge in [-0.3, -0.25) is 4.90 Å². The first-order valence-electron chi connectivity index (χ1n) is 7.66. The number of aromatic nitrogens is 3. The van der Waals surface area contributed by atoms with Crippen molar-refractivity contribution in [3.63, 3.8) is 0 Å². The number of rotatable bonds is 4. The number of aryl methyl sites for hydroxylation is 2. The number of likely N-dealkylation sites (tertiary alicyclic amines) is 1. The summed E-state index contributed by atoms with van der Waals surface area (Å²) < 4.78 is 11.1. The summed E-state index contributed by atoms with van der Waals surface area (Å²) in [6.07, 6.45) is 3.01. The largest absolute Gasteiger partial charge is 0.425 e. The van der Waals surface area contributed by atoms with Gasteiger partial charge in [0.1, 0.15) is 0 Å². The van der Waals surface area contributed by atoms with Crippen LogP contribution in [-0.4, -0.2) is 32.8 Å². The Balaban J connectivity index is 1.72.